The van der Waals surface area contributed by atoms with E-state index in [1.807, 2.05) is 71.0 Å². The molecule has 0 fully saturated rings. The Kier molecular flexibility index (Phi) is 14.0. The van der Waals surface area contributed by atoms with Gasteiger partial charge in [-0.15, -0.1) is 6.58 Å². The van der Waals surface area contributed by atoms with Gasteiger partial charge in [0.1, 0.15) is 5.17 Å². The van der Waals surface area contributed by atoms with Crippen molar-refractivity contribution in [3.05, 3.63) is 76.5 Å². The molecule has 1 aromatic carbocycles. The lowest BCUT2D eigenvalue weighted by Gasteiger charge is -2.14. The van der Waals surface area contributed by atoms with Gasteiger partial charge in [0.2, 0.25) is 0 Å². The summed E-state index contributed by atoms with van der Waals surface area (Å²) in [5.74, 6) is 0. The quantitative estimate of drug-likeness (QED) is 0.304. The standard InChI is InChI=1S/C22H28Cl2N2.C3H6/c1-7-9-14-25-21(16(4)8-2)18(6)26-22(24)20(17(5)23)19-12-10-15(3)11-13-19;1-3-2/h7,9-14,18H,8H2,1-6H3;3H,1H2,2H3/b9-7-,20-17+,21-16+,25-14+,26-22?;. The van der Waals surface area contributed by atoms with Crippen LogP contribution >= 0.6 is 23.2 Å². The normalized spacial score (nSPS) is 14.9. The molecule has 4 heteroatoms. The van der Waals surface area contributed by atoms with Crippen molar-refractivity contribution in [2.24, 2.45) is 9.98 Å². The molecule has 1 atom stereocenters. The molecule has 0 amide bonds. The van der Waals surface area contributed by atoms with Gasteiger partial charge < -0.3 is 0 Å². The van der Waals surface area contributed by atoms with Crippen LogP contribution in [0.25, 0.3) is 5.57 Å². The second-order valence-corrected chi connectivity index (χ2v) is 7.53. The number of halogens is 2. The molecule has 0 radical (unpaired) electrons. The van der Waals surface area contributed by atoms with Crippen LogP contribution in [0.2, 0.25) is 0 Å². The summed E-state index contributed by atoms with van der Waals surface area (Å²) in [6, 6.07) is 7.93. The molecular weight excluding hydrogens is 399 g/mol. The van der Waals surface area contributed by atoms with Crippen molar-refractivity contribution < 1.29 is 0 Å². The molecule has 0 aromatic heterocycles. The number of nitrogens with zero attached hydrogens (tertiary/aromatic N) is 2. The van der Waals surface area contributed by atoms with E-state index in [2.05, 4.69) is 30.4 Å². The van der Waals surface area contributed by atoms with Crippen LogP contribution in [-0.2, 0) is 0 Å². The van der Waals surface area contributed by atoms with Crippen molar-refractivity contribution in [2.45, 2.75) is 60.9 Å². The fraction of sp³-hybridized carbons (Fsp3) is 0.360. The Balaban J connectivity index is 0.00000245. The lowest BCUT2D eigenvalue weighted by molar-refractivity contribution is 0.824. The van der Waals surface area contributed by atoms with Crippen molar-refractivity contribution >= 4 is 40.2 Å². The van der Waals surface area contributed by atoms with E-state index in [0.29, 0.717) is 10.2 Å². The zero-order valence-electron chi connectivity index (χ0n) is 18.8. The number of rotatable bonds is 7. The van der Waals surface area contributed by atoms with E-state index >= 15 is 0 Å². The topological polar surface area (TPSA) is 24.7 Å². The van der Waals surface area contributed by atoms with Gasteiger partial charge in [0.25, 0.3) is 0 Å². The minimum absolute atomic E-state index is 0.166. The molecule has 29 heavy (non-hydrogen) atoms. The molecule has 0 saturated carbocycles. The molecule has 0 N–H and O–H groups in total. The van der Waals surface area contributed by atoms with E-state index < -0.39 is 0 Å². The number of hydrogen-bond acceptors (Lipinski definition) is 2. The van der Waals surface area contributed by atoms with E-state index in [1.54, 1.807) is 12.3 Å². The number of benzene rings is 1. The van der Waals surface area contributed by atoms with E-state index in [9.17, 15) is 0 Å². The Morgan fingerprint density at radius 2 is 1.69 bits per heavy atom. The predicted octanol–water partition coefficient (Wildman–Crippen LogP) is 8.51. The van der Waals surface area contributed by atoms with Crippen LogP contribution in [0.3, 0.4) is 0 Å². The fourth-order valence-electron chi connectivity index (χ4n) is 2.44. The van der Waals surface area contributed by atoms with Crippen molar-refractivity contribution in [3.63, 3.8) is 0 Å². The van der Waals surface area contributed by atoms with Crippen molar-refractivity contribution in [1.29, 1.82) is 0 Å². The molecule has 0 spiro atoms. The van der Waals surface area contributed by atoms with Gasteiger partial charge in [0.15, 0.2) is 0 Å². The molecule has 1 rings (SSSR count). The first-order chi connectivity index (χ1) is 13.7. The molecule has 0 saturated heterocycles. The summed E-state index contributed by atoms with van der Waals surface area (Å²) >= 11 is 12.9. The molecular formula is C25H34Cl2N2. The number of aliphatic imine (C=N–C) groups is 2. The van der Waals surface area contributed by atoms with Gasteiger partial charge in [-0.1, -0.05) is 72.1 Å². The zero-order valence-corrected chi connectivity index (χ0v) is 20.3. The number of allylic oxidation sites excluding steroid dienone is 6. The smallest absolute Gasteiger partial charge is 0.133 e. The Hall–Kier alpha value is -1.90. The van der Waals surface area contributed by atoms with Gasteiger partial charge >= 0.3 is 0 Å². The van der Waals surface area contributed by atoms with Crippen LogP contribution in [0.1, 0.15) is 59.1 Å². The van der Waals surface area contributed by atoms with Crippen LogP contribution in [0, 0.1) is 6.92 Å². The maximum absolute atomic E-state index is 6.58. The van der Waals surface area contributed by atoms with Gasteiger partial charge in [0.05, 0.1) is 11.7 Å². The zero-order chi connectivity index (χ0) is 22.4. The lowest BCUT2D eigenvalue weighted by atomic mass is 10.0. The molecule has 0 aliphatic rings. The molecule has 2 nitrogen and oxygen atoms in total. The first kappa shape index (κ1) is 27.1. The molecule has 0 heterocycles. The van der Waals surface area contributed by atoms with E-state index in [0.717, 1.165) is 23.3 Å². The van der Waals surface area contributed by atoms with Gasteiger partial charge in [0, 0.05) is 16.8 Å². The Labute approximate surface area is 187 Å². The summed E-state index contributed by atoms with van der Waals surface area (Å²) in [5, 5.41) is 1.02. The van der Waals surface area contributed by atoms with E-state index in [4.69, 9.17) is 23.2 Å². The summed E-state index contributed by atoms with van der Waals surface area (Å²) < 4.78 is 0. The van der Waals surface area contributed by atoms with Gasteiger partial charge in [-0.05, 0) is 65.2 Å². The lowest BCUT2D eigenvalue weighted by Crippen LogP contribution is -2.08. The third-order valence-corrected chi connectivity index (χ3v) is 4.53. The Morgan fingerprint density at radius 3 is 2.14 bits per heavy atom. The summed E-state index contributed by atoms with van der Waals surface area (Å²) in [4.78, 5) is 9.27. The SMILES string of the molecule is C=CC.C\C=C/C=N/C(=C(\C)CC)C(C)N=C(Cl)/C(=C(\C)Cl)c1ccc(C)cc1. The minimum atomic E-state index is -0.166. The predicted molar refractivity (Wildman–Crippen MR) is 135 cm³/mol. The molecule has 158 valence electrons. The van der Waals surface area contributed by atoms with Crippen LogP contribution in [0.4, 0.5) is 0 Å². The highest BCUT2D eigenvalue weighted by atomic mass is 35.5. The van der Waals surface area contributed by atoms with Crippen molar-refractivity contribution in [2.75, 3.05) is 0 Å². The Morgan fingerprint density at radius 1 is 1.14 bits per heavy atom. The molecule has 0 aliphatic carbocycles. The average molecular weight is 433 g/mol. The van der Waals surface area contributed by atoms with Crippen LogP contribution < -0.4 is 0 Å². The third kappa shape index (κ3) is 9.92. The van der Waals surface area contributed by atoms with Crippen molar-refractivity contribution in [3.8, 4) is 0 Å². The summed E-state index contributed by atoms with van der Waals surface area (Å²) in [7, 11) is 0. The summed E-state index contributed by atoms with van der Waals surface area (Å²) in [6.45, 7) is 17.3. The molecule has 1 unspecified atom stereocenters. The first-order valence-electron chi connectivity index (χ1n) is 9.82. The summed E-state index contributed by atoms with van der Waals surface area (Å²) in [6.07, 6.45) is 8.30. The largest absolute Gasteiger partial charge is 0.263 e. The first-order valence-corrected chi connectivity index (χ1v) is 10.6. The minimum Gasteiger partial charge on any atom is -0.263 e. The highest BCUT2D eigenvalue weighted by Gasteiger charge is 2.15. The van der Waals surface area contributed by atoms with E-state index in [-0.39, 0.29) is 6.04 Å². The molecule has 0 aliphatic heterocycles. The van der Waals surface area contributed by atoms with E-state index in [1.165, 1.54) is 11.1 Å². The van der Waals surface area contributed by atoms with Gasteiger partial charge in [-0.2, -0.15) is 0 Å². The van der Waals surface area contributed by atoms with Crippen LogP contribution in [0.5, 0.6) is 0 Å². The monoisotopic (exact) mass is 432 g/mol. The Bertz CT molecular complexity index is 791. The summed E-state index contributed by atoms with van der Waals surface area (Å²) in [5.41, 5.74) is 5.02. The molecule has 1 aromatic rings. The second kappa shape index (κ2) is 15.0. The average Bonchev–Trinajstić information content (AvgIpc) is 2.66. The second-order valence-electron chi connectivity index (χ2n) is 6.60. The van der Waals surface area contributed by atoms with Gasteiger partial charge in [-0.25, -0.2) is 0 Å². The van der Waals surface area contributed by atoms with Crippen LogP contribution in [0.15, 0.2) is 75.4 Å². The third-order valence-electron chi connectivity index (χ3n) is 4.05. The highest BCUT2D eigenvalue weighted by Crippen LogP contribution is 2.27. The van der Waals surface area contributed by atoms with Gasteiger partial charge in [-0.3, -0.25) is 9.98 Å². The highest BCUT2D eigenvalue weighted by molar-refractivity contribution is 6.77. The van der Waals surface area contributed by atoms with Crippen LogP contribution in [-0.4, -0.2) is 17.4 Å². The maximum Gasteiger partial charge on any atom is 0.133 e. The molecule has 0 bridgehead atoms. The van der Waals surface area contributed by atoms with Crippen molar-refractivity contribution in [1.82, 2.24) is 0 Å². The number of aryl methyl sites for hydroxylation is 1. The fourth-order valence-corrected chi connectivity index (χ4v) is 3.09. The maximum atomic E-state index is 6.58. The number of hydrogen-bond donors (Lipinski definition) is 0.